The molecule has 0 saturated carbocycles. The number of amides is 1. The Morgan fingerprint density at radius 1 is 1.32 bits per heavy atom. The molecule has 7 heteroatoms. The molecule has 2 aliphatic rings. The fraction of sp³-hybridized carbons (Fsp3) is 0.611. The molecular formula is C18H26N2O4S. The summed E-state index contributed by atoms with van der Waals surface area (Å²) in [5.74, 6) is 0.202. The van der Waals surface area contributed by atoms with E-state index in [-0.39, 0.29) is 17.4 Å². The zero-order valence-corrected chi connectivity index (χ0v) is 15.6. The highest BCUT2D eigenvalue weighted by Gasteiger charge is 2.56. The van der Waals surface area contributed by atoms with Crippen LogP contribution in [0.15, 0.2) is 30.3 Å². The first-order chi connectivity index (χ1) is 11.8. The molecule has 2 heterocycles. The molecule has 6 nitrogen and oxygen atoms in total. The van der Waals surface area contributed by atoms with Crippen molar-refractivity contribution in [3.05, 3.63) is 35.9 Å². The molecular weight excluding hydrogens is 340 g/mol. The Kier molecular flexibility index (Phi) is 5.18. The van der Waals surface area contributed by atoms with Crippen molar-refractivity contribution in [3.63, 3.8) is 0 Å². The van der Waals surface area contributed by atoms with E-state index in [1.807, 2.05) is 18.2 Å². The van der Waals surface area contributed by atoms with Gasteiger partial charge in [0.05, 0.1) is 10.9 Å². The van der Waals surface area contributed by atoms with Gasteiger partial charge in [0.15, 0.2) is 0 Å². The minimum atomic E-state index is -3.21. The summed E-state index contributed by atoms with van der Waals surface area (Å²) in [6.07, 6.45) is 1.71. The monoisotopic (exact) mass is 366 g/mol. The third-order valence-electron chi connectivity index (χ3n) is 5.26. The van der Waals surface area contributed by atoms with Crippen LogP contribution in [-0.2, 0) is 14.8 Å². The van der Waals surface area contributed by atoms with E-state index in [0.29, 0.717) is 31.8 Å². The predicted octanol–water partition coefficient (Wildman–Crippen LogP) is 1.64. The van der Waals surface area contributed by atoms with Crippen molar-refractivity contribution < 1.29 is 17.9 Å². The quantitative estimate of drug-likeness (QED) is 0.830. The zero-order chi connectivity index (χ0) is 18.1. The molecule has 1 spiro atoms. The predicted molar refractivity (Wildman–Crippen MR) is 95.8 cm³/mol. The highest BCUT2D eigenvalue weighted by Crippen LogP contribution is 2.43. The van der Waals surface area contributed by atoms with E-state index < -0.39 is 15.3 Å². The van der Waals surface area contributed by atoms with E-state index in [2.05, 4.69) is 5.32 Å². The average molecular weight is 366 g/mol. The van der Waals surface area contributed by atoms with Gasteiger partial charge in [0.25, 0.3) is 5.91 Å². The largest absolute Gasteiger partial charge is 0.372 e. The van der Waals surface area contributed by atoms with Gasteiger partial charge in [-0.1, -0.05) is 18.2 Å². The van der Waals surface area contributed by atoms with Crippen molar-refractivity contribution in [3.8, 4) is 0 Å². The van der Waals surface area contributed by atoms with Gasteiger partial charge in [0, 0.05) is 31.8 Å². The first-order valence-corrected chi connectivity index (χ1v) is 10.3. The van der Waals surface area contributed by atoms with Gasteiger partial charge in [-0.2, -0.15) is 4.31 Å². The van der Waals surface area contributed by atoms with Crippen LogP contribution in [-0.4, -0.2) is 55.7 Å². The minimum absolute atomic E-state index is 0.0776. The van der Waals surface area contributed by atoms with Crippen molar-refractivity contribution in [2.24, 2.45) is 5.92 Å². The van der Waals surface area contributed by atoms with Crippen molar-refractivity contribution in [2.45, 2.75) is 37.5 Å². The lowest BCUT2D eigenvalue weighted by Crippen LogP contribution is -2.67. The summed E-state index contributed by atoms with van der Waals surface area (Å²) in [4.78, 5) is 12.1. The standard InChI is InChI=1S/C18H26N2O4S/c1-14(2)25(22,23)20-12-18(13-20)16(9-11-24-18)8-10-19-17(21)15-6-4-3-5-7-15/h3-7,14,16H,8-13H2,1-2H3,(H,19,21)/t16-/m1/s1. The van der Waals surface area contributed by atoms with Crippen LogP contribution in [0.25, 0.3) is 0 Å². The lowest BCUT2D eigenvalue weighted by atomic mass is 9.80. The SMILES string of the molecule is CC(C)S(=O)(=O)N1CC2(C1)OCC[C@H]2CCNC(=O)c1ccccc1. The molecule has 3 rings (SSSR count). The molecule has 138 valence electrons. The average Bonchev–Trinajstić information content (AvgIpc) is 2.98. The van der Waals surface area contributed by atoms with Crippen LogP contribution in [0.4, 0.5) is 0 Å². The van der Waals surface area contributed by atoms with Crippen LogP contribution in [0.5, 0.6) is 0 Å². The number of nitrogens with one attached hydrogen (secondary N) is 1. The number of hydrogen-bond acceptors (Lipinski definition) is 4. The summed E-state index contributed by atoms with van der Waals surface area (Å²) >= 11 is 0. The highest BCUT2D eigenvalue weighted by molar-refractivity contribution is 7.89. The Balaban J connectivity index is 1.51. The smallest absolute Gasteiger partial charge is 0.251 e. The van der Waals surface area contributed by atoms with Gasteiger partial charge in [-0.3, -0.25) is 4.79 Å². The molecule has 1 amide bonds. The van der Waals surface area contributed by atoms with Gasteiger partial charge >= 0.3 is 0 Å². The zero-order valence-electron chi connectivity index (χ0n) is 14.8. The molecule has 0 radical (unpaired) electrons. The molecule has 1 aromatic rings. The molecule has 0 aliphatic carbocycles. The summed E-state index contributed by atoms with van der Waals surface area (Å²) < 4.78 is 31.9. The Morgan fingerprint density at radius 2 is 2.00 bits per heavy atom. The van der Waals surface area contributed by atoms with Gasteiger partial charge in [-0.05, 0) is 44.7 Å². The summed E-state index contributed by atoms with van der Waals surface area (Å²) in [6.45, 7) is 5.50. The fourth-order valence-electron chi connectivity index (χ4n) is 3.62. The third-order valence-corrected chi connectivity index (χ3v) is 7.43. The topological polar surface area (TPSA) is 75.7 Å². The Labute approximate surface area is 149 Å². The van der Waals surface area contributed by atoms with Crippen molar-refractivity contribution in [1.29, 1.82) is 0 Å². The van der Waals surface area contributed by atoms with E-state index in [1.54, 1.807) is 26.0 Å². The van der Waals surface area contributed by atoms with Crippen molar-refractivity contribution in [2.75, 3.05) is 26.2 Å². The Bertz CT molecular complexity index is 712. The molecule has 1 N–H and O–H groups in total. The van der Waals surface area contributed by atoms with E-state index in [0.717, 1.165) is 12.8 Å². The van der Waals surface area contributed by atoms with Crippen LogP contribution in [0.1, 0.15) is 37.0 Å². The third kappa shape index (κ3) is 3.59. The maximum atomic E-state index is 12.2. The van der Waals surface area contributed by atoms with Crippen LogP contribution < -0.4 is 5.32 Å². The number of ether oxygens (including phenoxy) is 1. The number of benzene rings is 1. The van der Waals surface area contributed by atoms with Crippen molar-refractivity contribution >= 4 is 15.9 Å². The fourth-order valence-corrected chi connectivity index (χ4v) is 5.02. The molecule has 1 aromatic carbocycles. The van der Waals surface area contributed by atoms with Crippen LogP contribution in [0, 0.1) is 5.92 Å². The summed E-state index contributed by atoms with van der Waals surface area (Å²) in [7, 11) is -3.21. The minimum Gasteiger partial charge on any atom is -0.372 e. The number of carbonyl (C=O) groups excluding carboxylic acids is 1. The molecule has 2 aliphatic heterocycles. The first kappa shape index (κ1) is 18.4. The maximum Gasteiger partial charge on any atom is 0.251 e. The van der Waals surface area contributed by atoms with Crippen LogP contribution >= 0.6 is 0 Å². The number of carbonyl (C=O) groups is 1. The summed E-state index contributed by atoms with van der Waals surface area (Å²) in [5, 5.41) is 2.54. The van der Waals surface area contributed by atoms with Gasteiger partial charge < -0.3 is 10.1 Å². The lowest BCUT2D eigenvalue weighted by molar-refractivity contribution is -0.102. The van der Waals surface area contributed by atoms with Crippen LogP contribution in [0.2, 0.25) is 0 Å². The van der Waals surface area contributed by atoms with Crippen molar-refractivity contribution in [1.82, 2.24) is 9.62 Å². The molecule has 0 bridgehead atoms. The normalized spacial score (nSPS) is 22.9. The highest BCUT2D eigenvalue weighted by atomic mass is 32.2. The molecule has 0 unspecified atom stereocenters. The van der Waals surface area contributed by atoms with E-state index >= 15 is 0 Å². The van der Waals surface area contributed by atoms with E-state index in [4.69, 9.17) is 4.74 Å². The summed E-state index contributed by atoms with van der Waals surface area (Å²) in [5.41, 5.74) is 0.289. The molecule has 2 saturated heterocycles. The van der Waals surface area contributed by atoms with Gasteiger partial charge in [0.2, 0.25) is 10.0 Å². The summed E-state index contributed by atoms with van der Waals surface area (Å²) in [6, 6.07) is 9.13. The molecule has 0 aromatic heterocycles. The molecule has 2 fully saturated rings. The number of rotatable bonds is 6. The second-order valence-corrected chi connectivity index (χ2v) is 9.66. The second kappa shape index (κ2) is 7.05. The van der Waals surface area contributed by atoms with Gasteiger partial charge in [-0.25, -0.2) is 8.42 Å². The van der Waals surface area contributed by atoms with Gasteiger partial charge in [0.1, 0.15) is 0 Å². The van der Waals surface area contributed by atoms with Crippen LogP contribution in [0.3, 0.4) is 0 Å². The maximum absolute atomic E-state index is 12.2. The molecule has 25 heavy (non-hydrogen) atoms. The van der Waals surface area contributed by atoms with E-state index in [1.165, 1.54) is 4.31 Å². The first-order valence-electron chi connectivity index (χ1n) is 8.81. The van der Waals surface area contributed by atoms with E-state index in [9.17, 15) is 13.2 Å². The number of sulfonamides is 1. The lowest BCUT2D eigenvalue weighted by Gasteiger charge is -2.49. The Hall–Kier alpha value is -1.44. The molecule has 1 atom stereocenters. The van der Waals surface area contributed by atoms with Gasteiger partial charge in [-0.15, -0.1) is 0 Å². The number of nitrogens with zero attached hydrogens (tertiary/aromatic N) is 1. The second-order valence-electron chi connectivity index (χ2n) is 7.17. The Morgan fingerprint density at radius 3 is 2.64 bits per heavy atom. The number of hydrogen-bond donors (Lipinski definition) is 1.